The molecule has 150 valence electrons. The lowest BCUT2D eigenvalue weighted by Gasteiger charge is -2.08. The molecular weight excluding hydrogens is 371 g/mol. The Hall–Kier alpha value is -3.28. The van der Waals surface area contributed by atoms with Crippen molar-refractivity contribution in [3.05, 3.63) is 80.9 Å². The number of aryl methyl sites for hydroxylation is 2. The number of nitrogens with one attached hydrogen (secondary N) is 2. The number of H-pyrrole nitrogens is 1. The zero-order valence-corrected chi connectivity index (χ0v) is 16.5. The van der Waals surface area contributed by atoms with E-state index in [0.717, 1.165) is 22.0 Å². The van der Waals surface area contributed by atoms with E-state index in [-0.39, 0.29) is 36.6 Å². The van der Waals surface area contributed by atoms with Crippen molar-refractivity contribution >= 4 is 22.6 Å². The summed E-state index contributed by atoms with van der Waals surface area (Å²) in [6.07, 6.45) is 0.763. The number of carbonyl (C=O) groups excluding carboxylic acids is 2. The normalized spacial score (nSPS) is 10.9. The molecule has 2 N–H and O–H groups in total. The Bertz CT molecular complexity index is 1120. The zero-order chi connectivity index (χ0) is 21.0. The zero-order valence-electron chi connectivity index (χ0n) is 16.5. The van der Waals surface area contributed by atoms with Gasteiger partial charge < -0.3 is 10.3 Å². The van der Waals surface area contributed by atoms with E-state index in [9.17, 15) is 18.8 Å². The third kappa shape index (κ3) is 5.16. The smallest absolute Gasteiger partial charge is 0.253 e. The van der Waals surface area contributed by atoms with Gasteiger partial charge in [-0.3, -0.25) is 14.4 Å². The van der Waals surface area contributed by atoms with Crippen molar-refractivity contribution in [2.45, 2.75) is 39.7 Å². The minimum absolute atomic E-state index is 0.128. The molecule has 1 amide bonds. The maximum absolute atomic E-state index is 12.9. The molecule has 6 heteroatoms. The molecule has 0 spiro atoms. The van der Waals surface area contributed by atoms with Crippen LogP contribution in [-0.2, 0) is 11.3 Å². The van der Waals surface area contributed by atoms with E-state index in [1.807, 2.05) is 26.0 Å². The summed E-state index contributed by atoms with van der Waals surface area (Å²) in [7, 11) is 0. The van der Waals surface area contributed by atoms with Crippen molar-refractivity contribution in [3.8, 4) is 0 Å². The molecule has 3 aromatic rings. The SMILES string of the molecule is Cc1cc2cc(CNC(=O)CCCC(=O)c3ccc(F)cc3)c(=O)[nH]c2cc1C. The third-order valence-corrected chi connectivity index (χ3v) is 4.99. The summed E-state index contributed by atoms with van der Waals surface area (Å²) in [5.41, 5.74) is 3.69. The van der Waals surface area contributed by atoms with Gasteiger partial charge in [-0.1, -0.05) is 0 Å². The Balaban J connectivity index is 1.53. The van der Waals surface area contributed by atoms with Crippen molar-refractivity contribution in [2.75, 3.05) is 0 Å². The molecule has 1 aromatic heterocycles. The van der Waals surface area contributed by atoms with Crippen LogP contribution in [0.5, 0.6) is 0 Å². The highest BCUT2D eigenvalue weighted by Crippen LogP contribution is 2.17. The lowest BCUT2D eigenvalue weighted by atomic mass is 10.0. The number of halogens is 1. The maximum Gasteiger partial charge on any atom is 0.253 e. The first kappa shape index (κ1) is 20.5. The highest BCUT2D eigenvalue weighted by Gasteiger charge is 2.10. The predicted octanol–water partition coefficient (Wildman–Crippen LogP) is 3.95. The summed E-state index contributed by atoms with van der Waals surface area (Å²) in [6, 6.07) is 11.1. The fourth-order valence-electron chi connectivity index (χ4n) is 3.13. The van der Waals surface area contributed by atoms with E-state index in [0.29, 0.717) is 17.5 Å². The average molecular weight is 394 g/mol. The van der Waals surface area contributed by atoms with Gasteiger partial charge in [0, 0.05) is 36.0 Å². The summed E-state index contributed by atoms with van der Waals surface area (Å²) in [5, 5.41) is 3.65. The van der Waals surface area contributed by atoms with Gasteiger partial charge in [0.25, 0.3) is 5.56 Å². The molecule has 2 aromatic carbocycles. The fraction of sp³-hybridized carbons (Fsp3) is 0.261. The van der Waals surface area contributed by atoms with Crippen LogP contribution in [0.2, 0.25) is 0 Å². The molecule has 0 aliphatic carbocycles. The molecule has 0 saturated heterocycles. The second-order valence-corrected chi connectivity index (χ2v) is 7.21. The number of aromatic nitrogens is 1. The fourth-order valence-corrected chi connectivity index (χ4v) is 3.13. The van der Waals surface area contributed by atoms with Crippen LogP contribution in [0.1, 0.15) is 46.3 Å². The Morgan fingerprint density at radius 2 is 1.69 bits per heavy atom. The van der Waals surface area contributed by atoms with Crippen LogP contribution in [0.3, 0.4) is 0 Å². The van der Waals surface area contributed by atoms with Crippen molar-refractivity contribution in [3.63, 3.8) is 0 Å². The number of rotatable bonds is 7. The van der Waals surface area contributed by atoms with E-state index in [4.69, 9.17) is 0 Å². The first-order valence-corrected chi connectivity index (χ1v) is 9.52. The monoisotopic (exact) mass is 394 g/mol. The van der Waals surface area contributed by atoms with Crippen LogP contribution in [0.25, 0.3) is 10.9 Å². The second kappa shape index (κ2) is 8.82. The van der Waals surface area contributed by atoms with Gasteiger partial charge in [0.2, 0.25) is 5.91 Å². The van der Waals surface area contributed by atoms with Gasteiger partial charge in [-0.15, -0.1) is 0 Å². The van der Waals surface area contributed by atoms with Crippen LogP contribution in [0.4, 0.5) is 4.39 Å². The molecular formula is C23H23FN2O3. The van der Waals surface area contributed by atoms with E-state index in [1.54, 1.807) is 6.07 Å². The molecule has 0 aliphatic heterocycles. The van der Waals surface area contributed by atoms with Crippen LogP contribution < -0.4 is 10.9 Å². The van der Waals surface area contributed by atoms with Crippen molar-refractivity contribution in [1.29, 1.82) is 0 Å². The molecule has 0 saturated carbocycles. The predicted molar refractivity (Wildman–Crippen MR) is 110 cm³/mol. The molecule has 0 fully saturated rings. The maximum atomic E-state index is 12.9. The first-order valence-electron chi connectivity index (χ1n) is 9.52. The largest absolute Gasteiger partial charge is 0.352 e. The highest BCUT2D eigenvalue weighted by molar-refractivity contribution is 5.96. The van der Waals surface area contributed by atoms with Crippen molar-refractivity contribution in [2.24, 2.45) is 0 Å². The molecule has 1 heterocycles. The topological polar surface area (TPSA) is 79.0 Å². The average Bonchev–Trinajstić information content (AvgIpc) is 2.68. The number of fused-ring (bicyclic) bond motifs is 1. The summed E-state index contributed by atoms with van der Waals surface area (Å²) >= 11 is 0. The van der Waals surface area contributed by atoms with Gasteiger partial charge in [0.05, 0.1) is 0 Å². The van der Waals surface area contributed by atoms with Gasteiger partial charge in [-0.05, 0) is 79.2 Å². The second-order valence-electron chi connectivity index (χ2n) is 7.21. The quantitative estimate of drug-likeness (QED) is 0.596. The van der Waals surface area contributed by atoms with Crippen molar-refractivity contribution < 1.29 is 14.0 Å². The van der Waals surface area contributed by atoms with Gasteiger partial charge in [-0.25, -0.2) is 4.39 Å². The number of benzene rings is 2. The standard InChI is InChI=1S/C23H23FN2O3/c1-14-10-17-12-18(23(29)26-20(17)11-15(14)2)13-25-22(28)5-3-4-21(27)16-6-8-19(24)9-7-16/h6-12H,3-5,13H2,1-2H3,(H,25,28)(H,26,29). The summed E-state index contributed by atoms with van der Waals surface area (Å²) < 4.78 is 12.9. The Labute approximate surface area is 168 Å². The van der Waals surface area contributed by atoms with Crippen LogP contribution >= 0.6 is 0 Å². The highest BCUT2D eigenvalue weighted by atomic mass is 19.1. The first-order chi connectivity index (χ1) is 13.8. The Morgan fingerprint density at radius 1 is 1.00 bits per heavy atom. The Kier molecular flexibility index (Phi) is 6.22. The molecule has 3 rings (SSSR count). The lowest BCUT2D eigenvalue weighted by Crippen LogP contribution is -2.26. The Morgan fingerprint density at radius 3 is 2.41 bits per heavy atom. The molecule has 0 unspecified atom stereocenters. The summed E-state index contributed by atoms with van der Waals surface area (Å²) in [5.74, 6) is -0.749. The summed E-state index contributed by atoms with van der Waals surface area (Å²) in [4.78, 5) is 39.2. The number of pyridine rings is 1. The van der Waals surface area contributed by atoms with Gasteiger partial charge in [0.1, 0.15) is 5.82 Å². The molecule has 0 aliphatic rings. The van der Waals surface area contributed by atoms with Crippen LogP contribution in [-0.4, -0.2) is 16.7 Å². The molecule has 29 heavy (non-hydrogen) atoms. The van der Waals surface area contributed by atoms with Crippen LogP contribution in [0, 0.1) is 19.7 Å². The number of hydrogen-bond acceptors (Lipinski definition) is 3. The number of ketones is 1. The number of amides is 1. The number of Topliss-reactive ketones (excluding diaryl/α,β-unsaturated/α-hetero) is 1. The van der Waals surface area contributed by atoms with E-state index in [1.165, 1.54) is 24.3 Å². The van der Waals surface area contributed by atoms with E-state index < -0.39 is 5.82 Å². The van der Waals surface area contributed by atoms with Crippen molar-refractivity contribution in [1.82, 2.24) is 10.3 Å². The van der Waals surface area contributed by atoms with Gasteiger partial charge in [-0.2, -0.15) is 0 Å². The third-order valence-electron chi connectivity index (χ3n) is 4.99. The van der Waals surface area contributed by atoms with E-state index >= 15 is 0 Å². The van der Waals surface area contributed by atoms with Gasteiger partial charge in [0.15, 0.2) is 5.78 Å². The molecule has 5 nitrogen and oxygen atoms in total. The van der Waals surface area contributed by atoms with E-state index in [2.05, 4.69) is 10.3 Å². The minimum Gasteiger partial charge on any atom is -0.352 e. The number of aromatic amines is 1. The lowest BCUT2D eigenvalue weighted by molar-refractivity contribution is -0.121. The molecule has 0 bridgehead atoms. The van der Waals surface area contributed by atoms with Gasteiger partial charge >= 0.3 is 0 Å². The molecule has 0 radical (unpaired) electrons. The summed E-state index contributed by atoms with van der Waals surface area (Å²) in [6.45, 7) is 4.12. The molecule has 0 atom stereocenters. The number of hydrogen-bond donors (Lipinski definition) is 2. The number of carbonyl (C=O) groups is 2. The van der Waals surface area contributed by atoms with Crippen LogP contribution in [0.15, 0.2) is 47.3 Å². The minimum atomic E-state index is -0.394.